The Balaban J connectivity index is 1.56. The molecule has 2 aromatic heterocycles. The smallest absolute Gasteiger partial charge is 0.137 e. The number of fused-ring (bicyclic) bond motifs is 1. The van der Waals surface area contributed by atoms with Crippen LogP contribution >= 0.6 is 0 Å². The van der Waals surface area contributed by atoms with Crippen LogP contribution in [0.2, 0.25) is 0 Å². The van der Waals surface area contributed by atoms with Crippen LogP contribution in [0.5, 0.6) is 0 Å². The third-order valence-corrected chi connectivity index (χ3v) is 3.35. The van der Waals surface area contributed by atoms with Crippen molar-refractivity contribution < 1.29 is 0 Å². The molecule has 0 saturated heterocycles. The second-order valence-corrected chi connectivity index (χ2v) is 4.93. The Labute approximate surface area is 123 Å². The Bertz CT molecular complexity index is 707. The minimum Gasteiger partial charge on any atom is -0.399 e. The Kier molecular flexibility index (Phi) is 3.95. The highest BCUT2D eigenvalue weighted by Gasteiger charge is 2.03. The maximum atomic E-state index is 5.83. The van der Waals surface area contributed by atoms with E-state index in [1.54, 1.807) is 12.5 Å². The van der Waals surface area contributed by atoms with E-state index in [-0.39, 0.29) is 0 Å². The summed E-state index contributed by atoms with van der Waals surface area (Å²) in [4.78, 5) is 12.6. The number of nitrogens with two attached hydrogens (primary N) is 1. The molecule has 6 nitrogen and oxygen atoms in total. The Morgan fingerprint density at radius 2 is 2.14 bits per heavy atom. The highest BCUT2D eigenvalue weighted by atomic mass is 15.0. The lowest BCUT2D eigenvalue weighted by atomic mass is 10.2. The maximum Gasteiger partial charge on any atom is 0.137 e. The Hall–Kier alpha value is -2.63. The van der Waals surface area contributed by atoms with Crippen molar-refractivity contribution in [1.29, 1.82) is 0 Å². The molecule has 6 heteroatoms. The summed E-state index contributed by atoms with van der Waals surface area (Å²) in [6.07, 6.45) is 9.35. The first-order valence-corrected chi connectivity index (χ1v) is 7.03. The SMILES string of the molecule is Nc1ccc2ncnc(NCCCCn3ccnc3)c2c1. The number of benzene rings is 1. The van der Waals surface area contributed by atoms with Crippen molar-refractivity contribution in [3.8, 4) is 0 Å². The lowest BCUT2D eigenvalue weighted by Gasteiger charge is -2.09. The number of hydrogen-bond acceptors (Lipinski definition) is 5. The molecule has 0 aliphatic heterocycles. The van der Waals surface area contributed by atoms with Crippen molar-refractivity contribution in [2.24, 2.45) is 0 Å². The van der Waals surface area contributed by atoms with Gasteiger partial charge in [0.15, 0.2) is 0 Å². The van der Waals surface area contributed by atoms with Gasteiger partial charge in [-0.05, 0) is 31.0 Å². The third kappa shape index (κ3) is 3.28. The first kappa shape index (κ1) is 13.4. The van der Waals surface area contributed by atoms with E-state index in [1.165, 1.54) is 0 Å². The summed E-state index contributed by atoms with van der Waals surface area (Å²) in [5, 5.41) is 4.33. The molecular weight excluding hydrogens is 264 g/mol. The molecule has 0 aliphatic rings. The summed E-state index contributed by atoms with van der Waals surface area (Å²) >= 11 is 0. The number of anilines is 2. The number of aryl methyl sites for hydroxylation is 1. The van der Waals surface area contributed by atoms with Gasteiger partial charge < -0.3 is 15.6 Å². The Morgan fingerprint density at radius 1 is 1.19 bits per heavy atom. The molecule has 21 heavy (non-hydrogen) atoms. The van der Waals surface area contributed by atoms with Crippen molar-refractivity contribution >= 4 is 22.4 Å². The number of rotatable bonds is 6. The van der Waals surface area contributed by atoms with Crippen molar-refractivity contribution in [1.82, 2.24) is 19.5 Å². The van der Waals surface area contributed by atoms with Gasteiger partial charge in [0.25, 0.3) is 0 Å². The molecule has 0 atom stereocenters. The summed E-state index contributed by atoms with van der Waals surface area (Å²) in [6.45, 7) is 1.86. The fourth-order valence-corrected chi connectivity index (χ4v) is 2.26. The highest BCUT2D eigenvalue weighted by molar-refractivity contribution is 5.91. The van der Waals surface area contributed by atoms with Gasteiger partial charge in [0.05, 0.1) is 11.8 Å². The summed E-state index contributed by atoms with van der Waals surface area (Å²) in [5.41, 5.74) is 7.46. The zero-order valence-corrected chi connectivity index (χ0v) is 11.7. The quantitative estimate of drug-likeness (QED) is 0.535. The van der Waals surface area contributed by atoms with Crippen LogP contribution in [0.15, 0.2) is 43.2 Å². The second-order valence-electron chi connectivity index (χ2n) is 4.93. The highest BCUT2D eigenvalue weighted by Crippen LogP contribution is 2.21. The molecule has 0 saturated carbocycles. The lowest BCUT2D eigenvalue weighted by molar-refractivity contribution is 0.621. The van der Waals surface area contributed by atoms with Crippen molar-refractivity contribution in [3.05, 3.63) is 43.2 Å². The van der Waals surface area contributed by atoms with E-state index >= 15 is 0 Å². The molecule has 0 amide bonds. The second kappa shape index (κ2) is 6.21. The zero-order chi connectivity index (χ0) is 14.5. The van der Waals surface area contributed by atoms with Crippen LogP contribution in [0.4, 0.5) is 11.5 Å². The molecule has 3 aromatic rings. The van der Waals surface area contributed by atoms with Gasteiger partial charge in [-0.25, -0.2) is 15.0 Å². The van der Waals surface area contributed by atoms with Gasteiger partial charge in [-0.1, -0.05) is 0 Å². The van der Waals surface area contributed by atoms with Crippen LogP contribution in [-0.2, 0) is 6.54 Å². The number of nitrogens with one attached hydrogen (secondary N) is 1. The molecule has 0 aliphatic carbocycles. The van der Waals surface area contributed by atoms with Crippen LogP contribution in [0, 0.1) is 0 Å². The number of nitrogens with zero attached hydrogens (tertiary/aromatic N) is 4. The minimum absolute atomic E-state index is 0.723. The van der Waals surface area contributed by atoms with Crippen molar-refractivity contribution in [2.75, 3.05) is 17.6 Å². The monoisotopic (exact) mass is 282 g/mol. The zero-order valence-electron chi connectivity index (χ0n) is 11.7. The Morgan fingerprint density at radius 3 is 3.00 bits per heavy atom. The van der Waals surface area contributed by atoms with E-state index in [9.17, 15) is 0 Å². The molecule has 0 fully saturated rings. The number of imidazole rings is 1. The molecule has 108 valence electrons. The van der Waals surface area contributed by atoms with E-state index in [4.69, 9.17) is 5.73 Å². The van der Waals surface area contributed by atoms with Gasteiger partial charge >= 0.3 is 0 Å². The van der Waals surface area contributed by atoms with Crippen LogP contribution < -0.4 is 11.1 Å². The molecule has 0 spiro atoms. The van der Waals surface area contributed by atoms with E-state index < -0.39 is 0 Å². The standard InChI is InChI=1S/C15H18N6/c16-12-3-4-14-13(9-12)15(20-10-19-14)18-5-1-2-7-21-8-6-17-11-21/h3-4,6,8-11H,1-2,5,7,16H2,(H,18,19,20). The van der Waals surface area contributed by atoms with E-state index in [0.29, 0.717) is 0 Å². The molecule has 1 aromatic carbocycles. The van der Waals surface area contributed by atoms with Gasteiger partial charge in [0.1, 0.15) is 12.1 Å². The molecule has 3 N–H and O–H groups in total. The van der Waals surface area contributed by atoms with Crippen LogP contribution in [-0.4, -0.2) is 26.1 Å². The summed E-state index contributed by atoms with van der Waals surface area (Å²) in [5.74, 6) is 0.843. The molecule has 0 bridgehead atoms. The number of aromatic nitrogens is 4. The van der Waals surface area contributed by atoms with E-state index in [1.807, 2.05) is 30.7 Å². The average molecular weight is 282 g/mol. The molecule has 0 radical (unpaired) electrons. The van der Waals surface area contributed by atoms with Crippen LogP contribution in [0.1, 0.15) is 12.8 Å². The fourth-order valence-electron chi connectivity index (χ4n) is 2.26. The van der Waals surface area contributed by atoms with E-state index in [0.717, 1.165) is 48.3 Å². The number of nitrogen functional groups attached to an aromatic ring is 1. The maximum absolute atomic E-state index is 5.83. The lowest BCUT2D eigenvalue weighted by Crippen LogP contribution is -2.06. The van der Waals surface area contributed by atoms with Gasteiger partial charge in [0.2, 0.25) is 0 Å². The average Bonchev–Trinajstić information content (AvgIpc) is 3.00. The predicted octanol–water partition coefficient (Wildman–Crippen LogP) is 2.30. The number of unbranched alkanes of at least 4 members (excludes halogenated alkanes) is 1. The van der Waals surface area contributed by atoms with Crippen LogP contribution in [0.25, 0.3) is 10.9 Å². The largest absolute Gasteiger partial charge is 0.399 e. The van der Waals surface area contributed by atoms with Gasteiger partial charge in [-0.2, -0.15) is 0 Å². The van der Waals surface area contributed by atoms with Crippen molar-refractivity contribution in [3.63, 3.8) is 0 Å². The molecule has 0 unspecified atom stereocenters. The minimum atomic E-state index is 0.723. The predicted molar refractivity (Wildman–Crippen MR) is 83.9 cm³/mol. The fraction of sp³-hybridized carbons (Fsp3) is 0.267. The summed E-state index contributed by atoms with van der Waals surface area (Å²) in [7, 11) is 0. The van der Waals surface area contributed by atoms with Gasteiger partial charge in [-0.15, -0.1) is 0 Å². The van der Waals surface area contributed by atoms with Gasteiger partial charge in [-0.3, -0.25) is 0 Å². The van der Waals surface area contributed by atoms with Gasteiger partial charge in [0, 0.05) is 36.6 Å². The van der Waals surface area contributed by atoms with Crippen LogP contribution in [0.3, 0.4) is 0 Å². The third-order valence-electron chi connectivity index (χ3n) is 3.35. The van der Waals surface area contributed by atoms with E-state index in [2.05, 4.69) is 24.8 Å². The summed E-state index contributed by atoms with van der Waals surface area (Å²) in [6, 6.07) is 5.67. The number of hydrogen-bond donors (Lipinski definition) is 2. The molecule has 3 rings (SSSR count). The molecule has 2 heterocycles. The molecular formula is C15H18N6. The normalized spacial score (nSPS) is 10.9. The first-order valence-electron chi connectivity index (χ1n) is 7.03. The van der Waals surface area contributed by atoms with Crippen molar-refractivity contribution in [2.45, 2.75) is 19.4 Å². The first-order chi connectivity index (χ1) is 10.3. The summed E-state index contributed by atoms with van der Waals surface area (Å²) < 4.78 is 2.08. The topological polar surface area (TPSA) is 81.6 Å².